The zero-order valence-corrected chi connectivity index (χ0v) is 14.5. The Morgan fingerprint density at radius 1 is 1.00 bits per heavy atom. The van der Waals surface area contributed by atoms with Gasteiger partial charge in [-0.15, -0.1) is 10.2 Å². The van der Waals surface area contributed by atoms with Crippen LogP contribution in [0.4, 0.5) is 11.4 Å². The molecule has 2 aromatic carbocycles. The molecule has 3 N–H and O–H groups in total. The maximum atomic E-state index is 12.4. The molecule has 1 aromatic heterocycles. The van der Waals surface area contributed by atoms with Gasteiger partial charge >= 0.3 is 0 Å². The molecule has 0 saturated heterocycles. The van der Waals surface area contributed by atoms with Crippen LogP contribution in [0.5, 0.6) is 0 Å². The van der Waals surface area contributed by atoms with Gasteiger partial charge in [-0.3, -0.25) is 4.79 Å². The molecule has 0 unspecified atom stereocenters. The number of nitrogens with one attached hydrogen (secondary N) is 1. The number of fused-ring (bicyclic) bond motifs is 1. The molecule has 2 heterocycles. The van der Waals surface area contributed by atoms with Crippen LogP contribution in [0.2, 0.25) is 0 Å². The first kappa shape index (κ1) is 16.3. The number of carbonyl (C=O) groups is 1. The summed E-state index contributed by atoms with van der Waals surface area (Å²) < 4.78 is 2.21. The Morgan fingerprint density at radius 2 is 1.81 bits per heavy atom. The highest BCUT2D eigenvalue weighted by atomic mass is 16.1. The van der Waals surface area contributed by atoms with E-state index in [1.807, 2.05) is 30.3 Å². The van der Waals surface area contributed by atoms with E-state index in [1.54, 1.807) is 18.2 Å². The molecule has 1 aliphatic rings. The lowest BCUT2D eigenvalue weighted by Crippen LogP contribution is -2.13. The van der Waals surface area contributed by atoms with E-state index in [1.165, 1.54) is 12.8 Å². The molecule has 26 heavy (non-hydrogen) atoms. The predicted octanol–water partition coefficient (Wildman–Crippen LogP) is 3.51. The maximum absolute atomic E-state index is 12.4. The molecule has 6 nitrogen and oxygen atoms in total. The third-order valence-corrected chi connectivity index (χ3v) is 4.72. The number of aryl methyl sites for hydroxylation is 1. The molecular weight excluding hydrogens is 326 g/mol. The minimum Gasteiger partial charge on any atom is -0.398 e. The van der Waals surface area contributed by atoms with Gasteiger partial charge in [0.15, 0.2) is 5.82 Å². The number of hydrogen-bond acceptors (Lipinski definition) is 4. The van der Waals surface area contributed by atoms with Gasteiger partial charge in [-0.25, -0.2) is 0 Å². The summed E-state index contributed by atoms with van der Waals surface area (Å²) >= 11 is 0. The lowest BCUT2D eigenvalue weighted by atomic mass is 10.1. The van der Waals surface area contributed by atoms with Crippen LogP contribution >= 0.6 is 0 Å². The van der Waals surface area contributed by atoms with Gasteiger partial charge in [-0.1, -0.05) is 18.6 Å². The average Bonchev–Trinajstić information content (AvgIpc) is 2.91. The Kier molecular flexibility index (Phi) is 4.39. The van der Waals surface area contributed by atoms with E-state index < -0.39 is 0 Å². The zero-order chi connectivity index (χ0) is 17.9. The summed E-state index contributed by atoms with van der Waals surface area (Å²) in [5.41, 5.74) is 8.52. The number of nitrogens with zero attached hydrogens (tertiary/aromatic N) is 3. The van der Waals surface area contributed by atoms with Gasteiger partial charge in [0.2, 0.25) is 0 Å². The number of para-hydroxylation sites is 1. The fourth-order valence-corrected chi connectivity index (χ4v) is 3.30. The monoisotopic (exact) mass is 347 g/mol. The lowest BCUT2D eigenvalue weighted by Gasteiger charge is -2.09. The Labute approximate surface area is 152 Å². The molecule has 132 valence electrons. The Bertz CT molecular complexity index is 930. The first-order valence-corrected chi connectivity index (χ1v) is 8.91. The van der Waals surface area contributed by atoms with Crippen molar-refractivity contribution in [3.8, 4) is 11.4 Å². The summed E-state index contributed by atoms with van der Waals surface area (Å²) in [7, 11) is 0. The third kappa shape index (κ3) is 3.18. The topological polar surface area (TPSA) is 85.8 Å². The fourth-order valence-electron chi connectivity index (χ4n) is 3.30. The van der Waals surface area contributed by atoms with Crippen molar-refractivity contribution in [1.29, 1.82) is 0 Å². The van der Waals surface area contributed by atoms with Crippen molar-refractivity contribution >= 4 is 17.3 Å². The van der Waals surface area contributed by atoms with E-state index in [2.05, 4.69) is 20.1 Å². The van der Waals surface area contributed by atoms with Crippen LogP contribution < -0.4 is 11.1 Å². The van der Waals surface area contributed by atoms with Gasteiger partial charge < -0.3 is 15.6 Å². The van der Waals surface area contributed by atoms with Crippen LogP contribution in [0.3, 0.4) is 0 Å². The number of carbonyl (C=O) groups excluding carboxylic acids is 1. The molecule has 0 atom stereocenters. The minimum absolute atomic E-state index is 0.216. The SMILES string of the molecule is Nc1ccccc1C(=O)Nc1ccc(-c2nnc3n2CCCCC3)cc1. The summed E-state index contributed by atoms with van der Waals surface area (Å²) in [6.07, 6.45) is 4.55. The van der Waals surface area contributed by atoms with Crippen LogP contribution in [0, 0.1) is 0 Å². The van der Waals surface area contributed by atoms with Gasteiger partial charge in [-0.05, 0) is 49.2 Å². The molecular formula is C20H21N5O. The van der Waals surface area contributed by atoms with E-state index in [0.717, 1.165) is 42.3 Å². The first-order chi connectivity index (χ1) is 12.7. The molecule has 0 spiro atoms. The van der Waals surface area contributed by atoms with Crippen molar-refractivity contribution in [2.45, 2.75) is 32.2 Å². The number of rotatable bonds is 3. The Morgan fingerprint density at radius 3 is 2.62 bits per heavy atom. The Hall–Kier alpha value is -3.15. The second kappa shape index (κ2) is 7.00. The quantitative estimate of drug-likeness (QED) is 0.710. The molecule has 3 aromatic rings. The number of anilines is 2. The highest BCUT2D eigenvalue weighted by Crippen LogP contribution is 2.24. The number of hydrogen-bond donors (Lipinski definition) is 2. The molecule has 1 aliphatic heterocycles. The van der Waals surface area contributed by atoms with Crippen LogP contribution in [0.25, 0.3) is 11.4 Å². The number of amides is 1. The van der Waals surface area contributed by atoms with Crippen molar-refractivity contribution in [2.75, 3.05) is 11.1 Å². The highest BCUT2D eigenvalue weighted by Gasteiger charge is 2.16. The largest absolute Gasteiger partial charge is 0.398 e. The zero-order valence-electron chi connectivity index (χ0n) is 14.5. The van der Waals surface area contributed by atoms with Crippen molar-refractivity contribution in [3.05, 3.63) is 59.9 Å². The van der Waals surface area contributed by atoms with Crippen LogP contribution in [0.1, 0.15) is 35.4 Å². The second-order valence-corrected chi connectivity index (χ2v) is 6.52. The molecule has 4 rings (SSSR count). The third-order valence-electron chi connectivity index (χ3n) is 4.72. The number of aromatic nitrogens is 3. The van der Waals surface area contributed by atoms with Crippen molar-refractivity contribution in [1.82, 2.24) is 14.8 Å². The summed E-state index contributed by atoms with van der Waals surface area (Å²) in [6, 6.07) is 14.7. The standard InChI is InChI=1S/C20H21N5O/c21-17-7-4-3-6-16(17)20(26)22-15-11-9-14(10-12-15)19-24-23-18-8-2-1-5-13-25(18)19/h3-4,6-7,9-12H,1-2,5,8,13,21H2,(H,22,26). The summed E-state index contributed by atoms with van der Waals surface area (Å²) in [5, 5.41) is 11.6. The van der Waals surface area contributed by atoms with Crippen LogP contribution in [-0.4, -0.2) is 20.7 Å². The molecule has 0 radical (unpaired) electrons. The smallest absolute Gasteiger partial charge is 0.257 e. The van der Waals surface area contributed by atoms with Gasteiger partial charge in [0.25, 0.3) is 5.91 Å². The van der Waals surface area contributed by atoms with Crippen LogP contribution in [-0.2, 0) is 13.0 Å². The summed E-state index contributed by atoms with van der Waals surface area (Å²) in [4.78, 5) is 12.4. The maximum Gasteiger partial charge on any atom is 0.257 e. The second-order valence-electron chi connectivity index (χ2n) is 6.52. The van der Waals surface area contributed by atoms with Gasteiger partial charge in [0.1, 0.15) is 5.82 Å². The first-order valence-electron chi connectivity index (χ1n) is 8.91. The number of nitrogens with two attached hydrogens (primary N) is 1. The van der Waals surface area contributed by atoms with Crippen molar-refractivity contribution in [3.63, 3.8) is 0 Å². The average molecular weight is 347 g/mol. The number of nitrogen functional groups attached to an aromatic ring is 1. The van der Waals surface area contributed by atoms with E-state index in [9.17, 15) is 4.79 Å². The normalized spacial score (nSPS) is 13.7. The molecule has 0 aliphatic carbocycles. The molecule has 1 amide bonds. The van der Waals surface area contributed by atoms with E-state index >= 15 is 0 Å². The molecule has 6 heteroatoms. The highest BCUT2D eigenvalue weighted by molar-refractivity contribution is 6.07. The molecule has 0 bridgehead atoms. The fraction of sp³-hybridized carbons (Fsp3) is 0.250. The summed E-state index contributed by atoms with van der Waals surface area (Å²) in [5.74, 6) is 1.74. The molecule has 0 fully saturated rings. The van der Waals surface area contributed by atoms with Gasteiger partial charge in [-0.2, -0.15) is 0 Å². The minimum atomic E-state index is -0.216. The van der Waals surface area contributed by atoms with Crippen molar-refractivity contribution < 1.29 is 4.79 Å². The van der Waals surface area contributed by atoms with E-state index in [0.29, 0.717) is 11.3 Å². The lowest BCUT2D eigenvalue weighted by molar-refractivity contribution is 0.102. The predicted molar refractivity (Wildman–Crippen MR) is 102 cm³/mol. The summed E-state index contributed by atoms with van der Waals surface area (Å²) in [6.45, 7) is 0.962. The number of benzene rings is 2. The molecule has 0 saturated carbocycles. The Balaban J connectivity index is 1.54. The van der Waals surface area contributed by atoms with E-state index in [4.69, 9.17) is 5.73 Å². The van der Waals surface area contributed by atoms with Crippen molar-refractivity contribution in [2.24, 2.45) is 0 Å². The van der Waals surface area contributed by atoms with Crippen LogP contribution in [0.15, 0.2) is 48.5 Å². The van der Waals surface area contributed by atoms with E-state index in [-0.39, 0.29) is 5.91 Å². The van der Waals surface area contributed by atoms with Gasteiger partial charge in [0.05, 0.1) is 5.56 Å². The van der Waals surface area contributed by atoms with Gasteiger partial charge in [0, 0.05) is 29.9 Å².